The first kappa shape index (κ1) is 15.2. The summed E-state index contributed by atoms with van der Waals surface area (Å²) in [6.45, 7) is 2.02. The predicted molar refractivity (Wildman–Crippen MR) is 78.6 cm³/mol. The standard InChI is InChI=1S/C15H15BFNO3/c1-10-2-7-14(17)13(8-10)15(19)18-9-11-3-5-12(6-4-11)16(20)21/h2-8,20-21H,9H2,1H3,(H,18,19). The highest BCUT2D eigenvalue weighted by atomic mass is 19.1. The number of amides is 1. The van der Waals surface area contributed by atoms with Crippen molar-refractivity contribution in [2.24, 2.45) is 0 Å². The molecule has 0 aliphatic rings. The lowest BCUT2D eigenvalue weighted by molar-refractivity contribution is 0.0946. The van der Waals surface area contributed by atoms with Crippen LogP contribution in [-0.2, 0) is 6.54 Å². The molecule has 3 N–H and O–H groups in total. The lowest BCUT2D eigenvalue weighted by Crippen LogP contribution is -2.30. The topological polar surface area (TPSA) is 69.6 Å². The van der Waals surface area contributed by atoms with Crippen molar-refractivity contribution in [3.8, 4) is 0 Å². The van der Waals surface area contributed by atoms with Crippen molar-refractivity contribution in [3.63, 3.8) is 0 Å². The molecule has 0 spiro atoms. The minimum absolute atomic E-state index is 0.0115. The number of aryl methyl sites for hydroxylation is 1. The second-order valence-corrected chi connectivity index (χ2v) is 4.78. The van der Waals surface area contributed by atoms with Gasteiger partial charge in [-0.15, -0.1) is 0 Å². The van der Waals surface area contributed by atoms with Gasteiger partial charge >= 0.3 is 7.12 Å². The van der Waals surface area contributed by atoms with Crippen molar-refractivity contribution in [1.82, 2.24) is 5.32 Å². The third-order valence-electron chi connectivity index (χ3n) is 3.10. The molecule has 6 heteroatoms. The van der Waals surface area contributed by atoms with E-state index in [1.54, 1.807) is 37.3 Å². The van der Waals surface area contributed by atoms with Crippen LogP contribution in [0.1, 0.15) is 21.5 Å². The molecule has 0 unspecified atom stereocenters. The van der Waals surface area contributed by atoms with E-state index >= 15 is 0 Å². The van der Waals surface area contributed by atoms with Crippen LogP contribution in [-0.4, -0.2) is 23.1 Å². The van der Waals surface area contributed by atoms with Gasteiger partial charge in [0.15, 0.2) is 0 Å². The molecule has 1 amide bonds. The van der Waals surface area contributed by atoms with Gasteiger partial charge in [-0.25, -0.2) is 4.39 Å². The van der Waals surface area contributed by atoms with Crippen molar-refractivity contribution < 1.29 is 19.2 Å². The Morgan fingerprint density at radius 2 is 1.86 bits per heavy atom. The zero-order valence-electron chi connectivity index (χ0n) is 11.5. The van der Waals surface area contributed by atoms with Crippen molar-refractivity contribution in [2.45, 2.75) is 13.5 Å². The average molecular weight is 287 g/mol. The SMILES string of the molecule is Cc1ccc(F)c(C(=O)NCc2ccc(B(O)O)cc2)c1. The van der Waals surface area contributed by atoms with E-state index in [9.17, 15) is 9.18 Å². The first-order chi connectivity index (χ1) is 9.97. The number of halogens is 1. The van der Waals surface area contributed by atoms with Gasteiger partial charge in [0, 0.05) is 6.54 Å². The minimum atomic E-state index is -1.52. The molecule has 0 aromatic heterocycles. The van der Waals surface area contributed by atoms with E-state index in [0.29, 0.717) is 5.46 Å². The van der Waals surface area contributed by atoms with Gasteiger partial charge < -0.3 is 15.4 Å². The van der Waals surface area contributed by atoms with Crippen molar-refractivity contribution in [1.29, 1.82) is 0 Å². The van der Waals surface area contributed by atoms with E-state index in [-0.39, 0.29) is 12.1 Å². The molecule has 2 rings (SSSR count). The lowest BCUT2D eigenvalue weighted by atomic mass is 9.80. The van der Waals surface area contributed by atoms with Gasteiger partial charge in [-0.3, -0.25) is 4.79 Å². The van der Waals surface area contributed by atoms with Crippen LogP contribution in [0.15, 0.2) is 42.5 Å². The summed E-state index contributed by atoms with van der Waals surface area (Å²) in [5.41, 5.74) is 1.97. The highest BCUT2D eigenvalue weighted by Gasteiger charge is 2.12. The maximum absolute atomic E-state index is 13.6. The highest BCUT2D eigenvalue weighted by Crippen LogP contribution is 2.10. The summed E-state index contributed by atoms with van der Waals surface area (Å²) in [4.78, 5) is 11.9. The maximum atomic E-state index is 13.6. The van der Waals surface area contributed by atoms with E-state index in [2.05, 4.69) is 5.32 Å². The maximum Gasteiger partial charge on any atom is 0.488 e. The molecule has 0 heterocycles. The van der Waals surface area contributed by atoms with Gasteiger partial charge in [-0.1, -0.05) is 35.9 Å². The molecule has 0 bridgehead atoms. The van der Waals surface area contributed by atoms with Crippen LogP contribution in [0.4, 0.5) is 4.39 Å². The van der Waals surface area contributed by atoms with Crippen LogP contribution in [0.5, 0.6) is 0 Å². The number of hydrogen-bond donors (Lipinski definition) is 3. The number of rotatable bonds is 4. The monoisotopic (exact) mass is 287 g/mol. The molecule has 108 valence electrons. The molecule has 2 aromatic carbocycles. The molecule has 4 nitrogen and oxygen atoms in total. The molecular formula is C15H15BFNO3. The molecule has 0 radical (unpaired) electrons. The zero-order valence-corrected chi connectivity index (χ0v) is 11.5. The number of hydrogen-bond acceptors (Lipinski definition) is 3. The average Bonchev–Trinajstić information content (AvgIpc) is 2.47. The molecule has 0 aliphatic heterocycles. The van der Waals surface area contributed by atoms with Crippen LogP contribution in [0.25, 0.3) is 0 Å². The molecular weight excluding hydrogens is 272 g/mol. The van der Waals surface area contributed by atoms with Gasteiger partial charge in [0.2, 0.25) is 0 Å². The number of benzene rings is 2. The second kappa shape index (κ2) is 6.52. The fraction of sp³-hybridized carbons (Fsp3) is 0.133. The molecule has 0 fully saturated rings. The summed E-state index contributed by atoms with van der Waals surface area (Å²) in [6, 6.07) is 10.8. The van der Waals surface area contributed by atoms with E-state index in [4.69, 9.17) is 10.0 Å². The largest absolute Gasteiger partial charge is 0.488 e. The first-order valence-corrected chi connectivity index (χ1v) is 6.46. The van der Waals surface area contributed by atoms with Crippen molar-refractivity contribution >= 4 is 18.5 Å². The van der Waals surface area contributed by atoms with Crippen LogP contribution in [0, 0.1) is 12.7 Å². The Morgan fingerprint density at radius 3 is 2.48 bits per heavy atom. The summed E-state index contributed by atoms with van der Waals surface area (Å²) >= 11 is 0. The number of carbonyl (C=O) groups is 1. The summed E-state index contributed by atoms with van der Waals surface area (Å²) in [5, 5.41) is 20.6. The van der Waals surface area contributed by atoms with Crippen LogP contribution in [0.3, 0.4) is 0 Å². The van der Waals surface area contributed by atoms with Crippen molar-refractivity contribution in [2.75, 3.05) is 0 Å². The van der Waals surface area contributed by atoms with Gasteiger partial charge in [0.25, 0.3) is 5.91 Å². The summed E-state index contributed by atoms with van der Waals surface area (Å²) in [7, 11) is -1.52. The normalized spacial score (nSPS) is 10.3. The van der Waals surface area contributed by atoms with Gasteiger partial charge in [-0.05, 0) is 30.1 Å². The quantitative estimate of drug-likeness (QED) is 0.727. The number of nitrogens with one attached hydrogen (secondary N) is 1. The Kier molecular flexibility index (Phi) is 4.72. The van der Waals surface area contributed by atoms with Crippen LogP contribution in [0.2, 0.25) is 0 Å². The van der Waals surface area contributed by atoms with Crippen LogP contribution < -0.4 is 10.8 Å². The van der Waals surface area contributed by atoms with Gasteiger partial charge in [0.1, 0.15) is 5.82 Å². The predicted octanol–water partition coefficient (Wildman–Crippen LogP) is 0.744. The Morgan fingerprint density at radius 1 is 1.19 bits per heavy atom. The molecule has 2 aromatic rings. The van der Waals surface area contributed by atoms with E-state index < -0.39 is 18.8 Å². The molecule has 0 saturated carbocycles. The molecule has 0 saturated heterocycles. The summed E-state index contributed by atoms with van der Waals surface area (Å²) < 4.78 is 13.6. The van der Waals surface area contributed by atoms with Gasteiger partial charge in [0.05, 0.1) is 5.56 Å². The Balaban J connectivity index is 2.02. The molecule has 0 aliphatic carbocycles. The third-order valence-corrected chi connectivity index (χ3v) is 3.10. The molecule has 21 heavy (non-hydrogen) atoms. The fourth-order valence-corrected chi connectivity index (χ4v) is 1.90. The second-order valence-electron chi connectivity index (χ2n) is 4.78. The van der Waals surface area contributed by atoms with E-state index in [0.717, 1.165) is 11.1 Å². The Hall–Kier alpha value is -2.18. The van der Waals surface area contributed by atoms with E-state index in [1.807, 2.05) is 0 Å². The molecule has 0 atom stereocenters. The zero-order chi connectivity index (χ0) is 15.4. The van der Waals surface area contributed by atoms with Gasteiger partial charge in [-0.2, -0.15) is 0 Å². The smallest absolute Gasteiger partial charge is 0.423 e. The first-order valence-electron chi connectivity index (χ1n) is 6.46. The third kappa shape index (κ3) is 3.90. The Bertz CT molecular complexity index is 644. The Labute approximate surface area is 122 Å². The number of carbonyl (C=O) groups excluding carboxylic acids is 1. The fourth-order valence-electron chi connectivity index (χ4n) is 1.90. The van der Waals surface area contributed by atoms with E-state index in [1.165, 1.54) is 12.1 Å². The van der Waals surface area contributed by atoms with Crippen molar-refractivity contribution in [3.05, 3.63) is 65.0 Å². The summed E-state index contributed by atoms with van der Waals surface area (Å²) in [5.74, 6) is -1.04. The highest BCUT2D eigenvalue weighted by molar-refractivity contribution is 6.58. The van der Waals surface area contributed by atoms with Crippen LogP contribution >= 0.6 is 0 Å². The summed E-state index contributed by atoms with van der Waals surface area (Å²) in [6.07, 6.45) is 0. The minimum Gasteiger partial charge on any atom is -0.423 e. The lowest BCUT2D eigenvalue weighted by Gasteiger charge is -2.08.